The van der Waals surface area contributed by atoms with Gasteiger partial charge in [0.25, 0.3) is 0 Å². The molecule has 0 saturated carbocycles. The van der Waals surface area contributed by atoms with E-state index in [4.69, 9.17) is 10.0 Å². The highest BCUT2D eigenvalue weighted by molar-refractivity contribution is 7.20. The van der Waals surface area contributed by atoms with Crippen LogP contribution in [-0.4, -0.2) is 17.2 Å². The van der Waals surface area contributed by atoms with E-state index in [1.165, 1.54) is 0 Å². The Kier molecular flexibility index (Phi) is 2.45. The van der Waals surface area contributed by atoms with E-state index in [2.05, 4.69) is 0 Å². The summed E-state index contributed by atoms with van der Waals surface area (Å²) in [5, 5.41) is 17.8. The summed E-state index contributed by atoms with van der Waals surface area (Å²) in [6, 6.07) is 0.718. The Bertz CT molecular complexity index is 270. The van der Waals surface area contributed by atoms with Gasteiger partial charge in [-0.2, -0.15) is 24.5 Å². The molecule has 0 spiro atoms. The van der Waals surface area contributed by atoms with E-state index < -0.39 is 18.9 Å². The van der Waals surface area contributed by atoms with Crippen LogP contribution in [0, 0.1) is 0 Å². The quantitative estimate of drug-likeness (QED) is 0.640. The van der Waals surface area contributed by atoms with Gasteiger partial charge in [0, 0.05) is 10.2 Å². The summed E-state index contributed by atoms with van der Waals surface area (Å²) < 4.78 is 35.6. The monoisotopic (exact) mass is 196 g/mol. The fourth-order valence-corrected chi connectivity index (χ4v) is 1.42. The molecule has 1 aromatic heterocycles. The van der Waals surface area contributed by atoms with E-state index in [0.29, 0.717) is 11.3 Å². The zero-order valence-corrected chi connectivity index (χ0v) is 6.49. The van der Waals surface area contributed by atoms with Crippen molar-refractivity contribution in [2.75, 3.05) is 0 Å². The zero-order chi connectivity index (χ0) is 9.35. The molecule has 0 aliphatic carbocycles. The molecule has 2 N–H and O–H groups in total. The molecule has 7 heteroatoms. The molecule has 1 rings (SSSR count). The normalized spacial score (nSPS) is 11.8. The lowest BCUT2D eigenvalue weighted by Gasteiger charge is -2.00. The van der Waals surface area contributed by atoms with E-state index in [1.54, 1.807) is 0 Å². The number of hydrogen-bond donors (Lipinski definition) is 2. The molecule has 0 aliphatic rings. The van der Waals surface area contributed by atoms with E-state index in [0.717, 1.165) is 11.4 Å². The first-order valence-corrected chi connectivity index (χ1v) is 3.81. The molecule has 0 aromatic carbocycles. The summed E-state index contributed by atoms with van der Waals surface area (Å²) in [5.41, 5.74) is -0.851. The van der Waals surface area contributed by atoms with E-state index >= 15 is 0 Å². The predicted molar refractivity (Wildman–Crippen MR) is 39.1 cm³/mol. The zero-order valence-electron chi connectivity index (χ0n) is 5.67. The number of thiophene rings is 1. The first-order valence-electron chi connectivity index (χ1n) is 2.93. The van der Waals surface area contributed by atoms with Crippen LogP contribution >= 0.6 is 11.3 Å². The van der Waals surface area contributed by atoms with Crippen molar-refractivity contribution in [2.24, 2.45) is 0 Å². The second kappa shape index (κ2) is 3.08. The maximum atomic E-state index is 11.9. The first-order chi connectivity index (χ1) is 5.41. The molecule has 0 radical (unpaired) electrons. The number of hydrogen-bond acceptors (Lipinski definition) is 3. The van der Waals surface area contributed by atoms with Crippen LogP contribution in [-0.2, 0) is 6.18 Å². The van der Waals surface area contributed by atoms with Gasteiger partial charge in [-0.05, 0) is 6.07 Å². The first kappa shape index (κ1) is 9.56. The molecular formula is C5H4BF3O2S. The highest BCUT2D eigenvalue weighted by atomic mass is 32.1. The van der Waals surface area contributed by atoms with Crippen molar-refractivity contribution in [1.82, 2.24) is 0 Å². The third kappa shape index (κ3) is 1.99. The van der Waals surface area contributed by atoms with Gasteiger partial charge in [-0.1, -0.05) is 0 Å². The Morgan fingerprint density at radius 3 is 2.17 bits per heavy atom. The van der Waals surface area contributed by atoms with E-state index in [-0.39, 0.29) is 4.78 Å². The predicted octanol–water partition coefficient (Wildman–Crippen LogP) is 0.447. The average molecular weight is 196 g/mol. The molecule has 2 nitrogen and oxygen atoms in total. The van der Waals surface area contributed by atoms with Gasteiger partial charge in [-0.3, -0.25) is 0 Å². The largest absolute Gasteiger partial charge is 0.499 e. The Labute approximate surface area is 70.4 Å². The number of halogens is 3. The molecule has 12 heavy (non-hydrogen) atoms. The van der Waals surface area contributed by atoms with Gasteiger partial charge in [-0.15, -0.1) is 0 Å². The van der Waals surface area contributed by atoms with Crippen LogP contribution in [0.15, 0.2) is 11.4 Å². The fraction of sp³-hybridized carbons (Fsp3) is 0.200. The average Bonchev–Trinajstić information content (AvgIpc) is 2.30. The maximum Gasteiger partial charge on any atom is 0.499 e. The highest BCUT2D eigenvalue weighted by Gasteiger charge is 2.32. The minimum Gasteiger partial charge on any atom is -0.423 e. The van der Waals surface area contributed by atoms with Gasteiger partial charge in [-0.25, -0.2) is 0 Å². The van der Waals surface area contributed by atoms with Crippen LogP contribution in [0.2, 0.25) is 0 Å². The Hall–Kier alpha value is -0.525. The summed E-state index contributed by atoms with van der Waals surface area (Å²) >= 11 is 0.665. The molecule has 0 aliphatic heterocycles. The van der Waals surface area contributed by atoms with E-state index in [9.17, 15) is 13.2 Å². The van der Waals surface area contributed by atoms with Gasteiger partial charge in [0.1, 0.15) is 0 Å². The molecule has 1 heterocycles. The van der Waals surface area contributed by atoms with Crippen molar-refractivity contribution >= 4 is 23.2 Å². The molecule has 1 aromatic rings. The number of rotatable bonds is 1. The van der Waals surface area contributed by atoms with Gasteiger partial charge in [0.2, 0.25) is 0 Å². The topological polar surface area (TPSA) is 40.5 Å². The minimum atomic E-state index is -4.41. The van der Waals surface area contributed by atoms with Crippen LogP contribution in [0.4, 0.5) is 13.2 Å². The van der Waals surface area contributed by atoms with Crippen LogP contribution in [0.1, 0.15) is 5.56 Å². The van der Waals surface area contributed by atoms with Crippen molar-refractivity contribution in [1.29, 1.82) is 0 Å². The molecule has 66 valence electrons. The summed E-state index contributed by atoms with van der Waals surface area (Å²) in [6.45, 7) is 0. The second-order valence-electron chi connectivity index (χ2n) is 2.11. The van der Waals surface area contributed by atoms with Crippen LogP contribution in [0.3, 0.4) is 0 Å². The fourth-order valence-electron chi connectivity index (χ4n) is 0.637. The molecule has 0 amide bonds. The lowest BCUT2D eigenvalue weighted by Crippen LogP contribution is -2.26. The van der Waals surface area contributed by atoms with Crippen molar-refractivity contribution in [2.45, 2.75) is 6.18 Å². The standard InChI is InChI=1S/C5H4BF3O2S/c7-5(8,9)3-1-4(6(10)11)12-2-3/h1-2,10-11H. The van der Waals surface area contributed by atoms with Gasteiger partial charge < -0.3 is 10.0 Å². The van der Waals surface area contributed by atoms with Crippen LogP contribution < -0.4 is 4.78 Å². The molecule has 0 fully saturated rings. The summed E-state index contributed by atoms with van der Waals surface area (Å²) in [6.07, 6.45) is -4.41. The smallest absolute Gasteiger partial charge is 0.423 e. The molecular weight excluding hydrogens is 192 g/mol. The summed E-state index contributed by atoms with van der Waals surface area (Å²) in [4.78, 5) is 0. The van der Waals surface area contributed by atoms with Gasteiger partial charge >= 0.3 is 13.3 Å². The third-order valence-corrected chi connectivity index (χ3v) is 2.17. The van der Waals surface area contributed by atoms with Crippen molar-refractivity contribution in [3.8, 4) is 0 Å². The molecule has 0 saturated heterocycles. The van der Waals surface area contributed by atoms with Gasteiger partial charge in [0.15, 0.2) is 0 Å². The maximum absolute atomic E-state index is 11.9. The van der Waals surface area contributed by atoms with Crippen molar-refractivity contribution < 1.29 is 23.2 Å². The van der Waals surface area contributed by atoms with Crippen molar-refractivity contribution in [3.05, 3.63) is 17.0 Å². The van der Waals surface area contributed by atoms with Gasteiger partial charge in [0.05, 0.1) is 5.56 Å². The number of alkyl halides is 3. The van der Waals surface area contributed by atoms with Crippen LogP contribution in [0.5, 0.6) is 0 Å². The Morgan fingerprint density at radius 2 is 1.92 bits per heavy atom. The third-order valence-electron chi connectivity index (χ3n) is 1.20. The lowest BCUT2D eigenvalue weighted by molar-refractivity contribution is -0.137. The van der Waals surface area contributed by atoms with Crippen LogP contribution in [0.25, 0.3) is 0 Å². The minimum absolute atomic E-state index is 0.109. The van der Waals surface area contributed by atoms with E-state index in [1.807, 2.05) is 0 Å². The second-order valence-corrected chi connectivity index (χ2v) is 3.05. The Morgan fingerprint density at radius 1 is 1.33 bits per heavy atom. The summed E-state index contributed by atoms with van der Waals surface area (Å²) in [7, 11) is -1.83. The molecule has 0 atom stereocenters. The SMILES string of the molecule is OB(O)c1cc(C(F)(F)F)cs1. The lowest BCUT2D eigenvalue weighted by atomic mass is 9.89. The van der Waals surface area contributed by atoms with Crippen molar-refractivity contribution in [3.63, 3.8) is 0 Å². The molecule has 0 unspecified atom stereocenters. The Balaban J connectivity index is 2.92. The molecule has 0 bridgehead atoms. The summed E-state index contributed by atoms with van der Waals surface area (Å²) in [5.74, 6) is 0. The highest BCUT2D eigenvalue weighted by Crippen LogP contribution is 2.29.